The Morgan fingerprint density at radius 2 is 1.85 bits per heavy atom. The zero-order valence-electron chi connectivity index (χ0n) is 19.3. The first-order valence-electron chi connectivity index (χ1n) is 11.1. The highest BCUT2D eigenvalue weighted by molar-refractivity contribution is 5.91. The lowest BCUT2D eigenvalue weighted by Crippen LogP contribution is -2.50. The Morgan fingerprint density at radius 1 is 1.06 bits per heavy atom. The van der Waals surface area contributed by atoms with Crippen molar-refractivity contribution in [3.63, 3.8) is 0 Å². The molecule has 9 heteroatoms. The molecule has 0 radical (unpaired) electrons. The molecule has 1 fully saturated rings. The third-order valence-electron chi connectivity index (χ3n) is 5.89. The van der Waals surface area contributed by atoms with Crippen molar-refractivity contribution in [2.24, 2.45) is 0 Å². The fourth-order valence-electron chi connectivity index (χ4n) is 3.79. The summed E-state index contributed by atoms with van der Waals surface area (Å²) in [6.45, 7) is 8.64. The minimum atomic E-state index is -0.147. The summed E-state index contributed by atoms with van der Waals surface area (Å²) in [4.78, 5) is 33.0. The Labute approximate surface area is 192 Å². The molecule has 0 spiro atoms. The normalized spacial score (nSPS) is 14.5. The van der Waals surface area contributed by atoms with Crippen LogP contribution in [-0.2, 0) is 16.0 Å². The lowest BCUT2D eigenvalue weighted by atomic mass is 10.1. The highest BCUT2D eigenvalue weighted by Gasteiger charge is 2.23. The summed E-state index contributed by atoms with van der Waals surface area (Å²) in [5.41, 5.74) is 3.42. The summed E-state index contributed by atoms with van der Waals surface area (Å²) in [7, 11) is 0. The molecule has 33 heavy (non-hydrogen) atoms. The largest absolute Gasteiger partial charge is 0.441 e. The Kier molecular flexibility index (Phi) is 6.88. The van der Waals surface area contributed by atoms with Gasteiger partial charge in [-0.3, -0.25) is 14.5 Å². The molecule has 0 bridgehead atoms. The molecule has 1 aliphatic heterocycles. The number of carbonyl (C=O) groups is 2. The van der Waals surface area contributed by atoms with Gasteiger partial charge in [0.25, 0.3) is 0 Å². The summed E-state index contributed by atoms with van der Waals surface area (Å²) >= 11 is 0. The monoisotopic (exact) mass is 451 g/mol. The number of hydrogen-bond donors (Lipinski definition) is 1. The molecular formula is C24H29N5O4. The molecule has 0 unspecified atom stereocenters. The van der Waals surface area contributed by atoms with Crippen molar-refractivity contribution in [3.8, 4) is 11.3 Å². The summed E-state index contributed by atoms with van der Waals surface area (Å²) < 4.78 is 10.8. The van der Waals surface area contributed by atoms with Crippen LogP contribution in [0.4, 0.5) is 5.82 Å². The van der Waals surface area contributed by atoms with Gasteiger partial charge < -0.3 is 19.2 Å². The van der Waals surface area contributed by atoms with Crippen molar-refractivity contribution >= 4 is 17.6 Å². The van der Waals surface area contributed by atoms with Gasteiger partial charge in [0.05, 0.1) is 12.7 Å². The molecule has 3 heterocycles. The zero-order valence-corrected chi connectivity index (χ0v) is 19.3. The number of carbonyl (C=O) groups excluding carboxylic acids is 2. The number of oxazole rings is 1. The standard InChI is InChI=1S/C24H29N5O4/c1-16-4-5-19(12-17(16)2)20-14-25-23(32-20)6-7-24(31)29-10-8-28(9-11-29)15-22(30)26-21-13-18(3)33-27-21/h4-5,12-14H,6-11,15H2,1-3H3,(H,26,27,30). The Morgan fingerprint density at radius 3 is 2.55 bits per heavy atom. The summed E-state index contributed by atoms with van der Waals surface area (Å²) in [5, 5.41) is 6.48. The Bertz CT molecular complexity index is 1130. The number of aryl methyl sites for hydroxylation is 4. The molecule has 0 atom stereocenters. The fraction of sp³-hybridized carbons (Fsp3) is 0.417. The first kappa shape index (κ1) is 22.7. The molecule has 2 aromatic heterocycles. The van der Waals surface area contributed by atoms with E-state index in [4.69, 9.17) is 8.94 Å². The van der Waals surface area contributed by atoms with Crippen molar-refractivity contribution < 1.29 is 18.5 Å². The molecule has 0 saturated carbocycles. The summed E-state index contributed by atoms with van der Waals surface area (Å²) in [5.74, 6) is 2.26. The van der Waals surface area contributed by atoms with Crippen LogP contribution in [0.25, 0.3) is 11.3 Å². The number of nitrogens with zero attached hydrogens (tertiary/aromatic N) is 4. The first-order chi connectivity index (χ1) is 15.9. The Hall–Kier alpha value is -3.46. The number of amides is 2. The van der Waals surface area contributed by atoms with Crippen LogP contribution in [0.2, 0.25) is 0 Å². The first-order valence-corrected chi connectivity index (χ1v) is 11.1. The van der Waals surface area contributed by atoms with Gasteiger partial charge in [0.1, 0.15) is 5.76 Å². The number of hydrogen-bond acceptors (Lipinski definition) is 7. The van der Waals surface area contributed by atoms with Crippen molar-refractivity contribution in [2.75, 3.05) is 38.0 Å². The van der Waals surface area contributed by atoms with Gasteiger partial charge in [0.15, 0.2) is 17.5 Å². The average molecular weight is 452 g/mol. The van der Waals surface area contributed by atoms with Crippen molar-refractivity contribution in [1.29, 1.82) is 0 Å². The van der Waals surface area contributed by atoms with Gasteiger partial charge in [-0.2, -0.15) is 0 Å². The van der Waals surface area contributed by atoms with Crippen molar-refractivity contribution in [1.82, 2.24) is 19.9 Å². The topological polar surface area (TPSA) is 105 Å². The molecule has 1 aliphatic rings. The minimum Gasteiger partial charge on any atom is -0.441 e. The third-order valence-corrected chi connectivity index (χ3v) is 5.89. The quantitative estimate of drug-likeness (QED) is 0.589. The van der Waals surface area contributed by atoms with E-state index in [1.165, 1.54) is 11.1 Å². The van der Waals surface area contributed by atoms with Crippen LogP contribution in [-0.4, -0.2) is 64.5 Å². The maximum atomic E-state index is 12.6. The van der Waals surface area contributed by atoms with E-state index in [1.807, 2.05) is 15.9 Å². The molecule has 9 nitrogen and oxygen atoms in total. The predicted molar refractivity (Wildman–Crippen MR) is 123 cm³/mol. The van der Waals surface area contributed by atoms with Crippen molar-refractivity contribution in [3.05, 3.63) is 53.2 Å². The molecule has 1 saturated heterocycles. The van der Waals surface area contributed by atoms with Crippen LogP contribution in [0.3, 0.4) is 0 Å². The van der Waals surface area contributed by atoms with E-state index in [2.05, 4.69) is 41.4 Å². The van der Waals surface area contributed by atoms with E-state index < -0.39 is 0 Å². The van der Waals surface area contributed by atoms with Crippen LogP contribution in [0, 0.1) is 20.8 Å². The number of piperazine rings is 1. The van der Waals surface area contributed by atoms with E-state index in [0.29, 0.717) is 62.2 Å². The number of aromatic nitrogens is 2. The predicted octanol–water partition coefficient (Wildman–Crippen LogP) is 2.97. The lowest BCUT2D eigenvalue weighted by molar-refractivity contribution is -0.133. The van der Waals surface area contributed by atoms with E-state index >= 15 is 0 Å². The van der Waals surface area contributed by atoms with Crippen LogP contribution in [0.5, 0.6) is 0 Å². The van der Waals surface area contributed by atoms with E-state index in [1.54, 1.807) is 19.2 Å². The van der Waals surface area contributed by atoms with Gasteiger partial charge in [0, 0.05) is 50.7 Å². The van der Waals surface area contributed by atoms with Gasteiger partial charge in [-0.15, -0.1) is 0 Å². The van der Waals surface area contributed by atoms with Gasteiger partial charge in [0.2, 0.25) is 11.8 Å². The SMILES string of the molecule is Cc1cc(NC(=O)CN2CCN(C(=O)CCc3ncc(-c4ccc(C)c(C)c4)o3)CC2)no1. The van der Waals surface area contributed by atoms with E-state index in [-0.39, 0.29) is 18.4 Å². The maximum Gasteiger partial charge on any atom is 0.239 e. The number of rotatable bonds is 7. The molecular weight excluding hydrogens is 422 g/mol. The van der Waals surface area contributed by atoms with Gasteiger partial charge in [-0.1, -0.05) is 17.3 Å². The van der Waals surface area contributed by atoms with Crippen molar-refractivity contribution in [2.45, 2.75) is 33.6 Å². The molecule has 3 aromatic rings. The summed E-state index contributed by atoms with van der Waals surface area (Å²) in [6, 6.07) is 7.84. The number of nitrogens with one attached hydrogen (secondary N) is 1. The molecule has 1 aromatic carbocycles. The van der Waals surface area contributed by atoms with Gasteiger partial charge in [-0.25, -0.2) is 4.98 Å². The summed E-state index contributed by atoms with van der Waals surface area (Å²) in [6.07, 6.45) is 2.52. The molecule has 174 valence electrons. The number of benzene rings is 1. The molecule has 4 rings (SSSR count). The lowest BCUT2D eigenvalue weighted by Gasteiger charge is -2.34. The smallest absolute Gasteiger partial charge is 0.239 e. The van der Waals surface area contributed by atoms with Crippen LogP contribution in [0.1, 0.15) is 29.2 Å². The third kappa shape index (κ3) is 5.87. The molecule has 0 aliphatic carbocycles. The maximum absolute atomic E-state index is 12.6. The van der Waals surface area contributed by atoms with E-state index in [0.717, 1.165) is 5.56 Å². The van der Waals surface area contributed by atoms with Crippen LogP contribution >= 0.6 is 0 Å². The second-order valence-corrected chi connectivity index (χ2v) is 8.45. The van der Waals surface area contributed by atoms with Crippen LogP contribution < -0.4 is 5.32 Å². The zero-order chi connectivity index (χ0) is 23.4. The molecule has 1 N–H and O–H groups in total. The highest BCUT2D eigenvalue weighted by atomic mass is 16.5. The van der Waals surface area contributed by atoms with E-state index in [9.17, 15) is 9.59 Å². The second-order valence-electron chi connectivity index (χ2n) is 8.45. The number of anilines is 1. The Balaban J connectivity index is 1.21. The average Bonchev–Trinajstić information content (AvgIpc) is 3.43. The molecule has 2 amide bonds. The fourth-order valence-corrected chi connectivity index (χ4v) is 3.79. The highest BCUT2D eigenvalue weighted by Crippen LogP contribution is 2.23. The van der Waals surface area contributed by atoms with Gasteiger partial charge >= 0.3 is 0 Å². The minimum absolute atomic E-state index is 0.0723. The second kappa shape index (κ2) is 9.99. The van der Waals surface area contributed by atoms with Gasteiger partial charge in [-0.05, 0) is 38.0 Å². The van der Waals surface area contributed by atoms with Crippen LogP contribution in [0.15, 0.2) is 39.4 Å².